The summed E-state index contributed by atoms with van der Waals surface area (Å²) in [7, 11) is 4.56. The Balaban J connectivity index is 2.43. The maximum Gasteiger partial charge on any atom is 0.231 e. The highest BCUT2D eigenvalue weighted by atomic mass is 16.5. The minimum Gasteiger partial charge on any atom is -0.496 e. The van der Waals surface area contributed by atoms with Crippen LogP contribution >= 0.6 is 0 Å². The zero-order chi connectivity index (χ0) is 14.5. The first-order chi connectivity index (χ1) is 9.71. The van der Waals surface area contributed by atoms with Crippen molar-refractivity contribution in [2.24, 2.45) is 0 Å². The molecule has 0 radical (unpaired) electrons. The largest absolute Gasteiger partial charge is 0.496 e. The summed E-state index contributed by atoms with van der Waals surface area (Å²) in [5.41, 5.74) is 0.401. The molecule has 1 aromatic carbocycles. The van der Waals surface area contributed by atoms with Crippen LogP contribution in [-0.4, -0.2) is 33.7 Å². The van der Waals surface area contributed by atoms with E-state index in [1.54, 1.807) is 12.1 Å². The molecule has 0 unspecified atom stereocenters. The number of benzene rings is 1. The van der Waals surface area contributed by atoms with Crippen LogP contribution in [0, 0.1) is 0 Å². The predicted molar refractivity (Wildman–Crippen MR) is 73.7 cm³/mol. The van der Waals surface area contributed by atoms with E-state index in [9.17, 15) is 4.79 Å². The Hall–Kier alpha value is -2.17. The van der Waals surface area contributed by atoms with Crippen molar-refractivity contribution in [2.75, 3.05) is 27.9 Å². The number of hydrogen-bond acceptors (Lipinski definition) is 5. The molecule has 0 bridgehead atoms. The second kappa shape index (κ2) is 6.32. The first kappa shape index (κ1) is 14.2. The summed E-state index contributed by atoms with van der Waals surface area (Å²) in [5.74, 6) is 1.58. The van der Waals surface area contributed by atoms with Gasteiger partial charge >= 0.3 is 0 Å². The van der Waals surface area contributed by atoms with Gasteiger partial charge in [-0.3, -0.25) is 4.79 Å². The number of methoxy groups -OCH3 is 3. The molecule has 1 aliphatic rings. The Kier molecular flexibility index (Phi) is 4.50. The standard InChI is InChI=1S/C15H18O5/c1-17-12-9-14(19-3)13(18-2)8-10(12)15(16)11-6-4-5-7-20-11/h6,8-9H,4-5,7H2,1-3H3. The van der Waals surface area contributed by atoms with E-state index in [1.165, 1.54) is 21.3 Å². The molecule has 0 amide bonds. The van der Waals surface area contributed by atoms with Crippen LogP contribution < -0.4 is 14.2 Å². The first-order valence-electron chi connectivity index (χ1n) is 6.39. The van der Waals surface area contributed by atoms with Gasteiger partial charge in [0.05, 0.1) is 33.5 Å². The summed E-state index contributed by atoms with van der Waals surface area (Å²) in [5, 5.41) is 0. The Morgan fingerprint density at radius 1 is 1.05 bits per heavy atom. The van der Waals surface area contributed by atoms with Gasteiger partial charge in [0.25, 0.3) is 0 Å². The Labute approximate surface area is 118 Å². The van der Waals surface area contributed by atoms with Crippen molar-refractivity contribution in [1.82, 2.24) is 0 Å². The Bertz CT molecular complexity index is 533. The third-order valence-electron chi connectivity index (χ3n) is 3.11. The first-order valence-corrected chi connectivity index (χ1v) is 6.39. The molecule has 1 aliphatic heterocycles. The number of ether oxygens (including phenoxy) is 4. The average Bonchev–Trinajstić information content (AvgIpc) is 2.53. The molecule has 20 heavy (non-hydrogen) atoms. The number of Topliss-reactive ketones (excluding diaryl/α,β-unsaturated/α-hetero) is 1. The molecule has 1 aromatic rings. The second-order valence-corrected chi connectivity index (χ2v) is 4.30. The third kappa shape index (κ3) is 2.71. The molecule has 5 heteroatoms. The summed E-state index contributed by atoms with van der Waals surface area (Å²) in [6.07, 6.45) is 3.58. The molecule has 0 saturated carbocycles. The molecule has 0 aromatic heterocycles. The average molecular weight is 278 g/mol. The van der Waals surface area contributed by atoms with Crippen LogP contribution in [0.2, 0.25) is 0 Å². The number of carbonyl (C=O) groups is 1. The van der Waals surface area contributed by atoms with Gasteiger partial charge in [0.2, 0.25) is 5.78 Å². The van der Waals surface area contributed by atoms with Gasteiger partial charge in [-0.2, -0.15) is 0 Å². The fourth-order valence-corrected chi connectivity index (χ4v) is 2.06. The van der Waals surface area contributed by atoms with Gasteiger partial charge in [-0.1, -0.05) is 0 Å². The minimum atomic E-state index is -0.206. The van der Waals surface area contributed by atoms with Crippen LogP contribution in [-0.2, 0) is 4.74 Å². The topological polar surface area (TPSA) is 54.0 Å². The number of rotatable bonds is 5. The zero-order valence-corrected chi connectivity index (χ0v) is 11.9. The summed E-state index contributed by atoms with van der Waals surface area (Å²) in [6, 6.07) is 3.24. The van der Waals surface area contributed by atoms with Crippen molar-refractivity contribution in [3.05, 3.63) is 29.5 Å². The van der Waals surface area contributed by atoms with Crippen LogP contribution in [0.3, 0.4) is 0 Å². The lowest BCUT2D eigenvalue weighted by Crippen LogP contribution is -2.12. The van der Waals surface area contributed by atoms with Gasteiger partial charge in [0.1, 0.15) is 5.75 Å². The molecule has 0 fully saturated rings. The third-order valence-corrected chi connectivity index (χ3v) is 3.11. The second-order valence-electron chi connectivity index (χ2n) is 4.30. The summed E-state index contributed by atoms with van der Waals surface area (Å²) >= 11 is 0. The van der Waals surface area contributed by atoms with E-state index >= 15 is 0 Å². The number of hydrogen-bond donors (Lipinski definition) is 0. The van der Waals surface area contributed by atoms with Crippen molar-refractivity contribution in [1.29, 1.82) is 0 Å². The fraction of sp³-hybridized carbons (Fsp3) is 0.400. The monoisotopic (exact) mass is 278 g/mol. The smallest absolute Gasteiger partial charge is 0.231 e. The molecule has 0 spiro atoms. The quantitative estimate of drug-likeness (QED) is 0.775. The summed E-state index contributed by atoms with van der Waals surface area (Å²) in [6.45, 7) is 0.563. The van der Waals surface area contributed by atoms with E-state index in [0.717, 1.165) is 12.8 Å². The molecule has 0 saturated heterocycles. The number of carbonyl (C=O) groups excluding carboxylic acids is 1. The molecule has 108 valence electrons. The number of ketones is 1. The molecule has 1 heterocycles. The number of allylic oxidation sites excluding steroid dienone is 2. The van der Waals surface area contributed by atoms with Crippen LogP contribution in [0.4, 0.5) is 0 Å². The van der Waals surface area contributed by atoms with Crippen molar-refractivity contribution in [3.8, 4) is 17.2 Å². The van der Waals surface area contributed by atoms with Crippen molar-refractivity contribution in [2.45, 2.75) is 12.8 Å². The highest BCUT2D eigenvalue weighted by Crippen LogP contribution is 2.36. The molecule has 5 nitrogen and oxygen atoms in total. The van der Waals surface area contributed by atoms with Crippen molar-refractivity contribution < 1.29 is 23.7 Å². The van der Waals surface area contributed by atoms with Crippen molar-refractivity contribution >= 4 is 5.78 Å². The molecule has 2 rings (SSSR count). The minimum absolute atomic E-state index is 0.206. The molecular weight excluding hydrogens is 260 g/mol. The van der Waals surface area contributed by atoms with E-state index in [-0.39, 0.29) is 5.78 Å². The molecule has 0 aliphatic carbocycles. The van der Waals surface area contributed by atoms with Gasteiger partial charge in [-0.15, -0.1) is 0 Å². The highest BCUT2D eigenvalue weighted by molar-refractivity contribution is 6.09. The van der Waals surface area contributed by atoms with Crippen LogP contribution in [0.25, 0.3) is 0 Å². The van der Waals surface area contributed by atoms with Gasteiger partial charge in [0, 0.05) is 6.07 Å². The summed E-state index contributed by atoms with van der Waals surface area (Å²) < 4.78 is 21.1. The zero-order valence-electron chi connectivity index (χ0n) is 11.9. The van der Waals surface area contributed by atoms with Crippen LogP contribution in [0.1, 0.15) is 23.2 Å². The Morgan fingerprint density at radius 3 is 2.25 bits per heavy atom. The SMILES string of the molecule is COc1cc(OC)c(C(=O)C2=CCCCO2)cc1OC. The van der Waals surface area contributed by atoms with Crippen LogP contribution in [0.5, 0.6) is 17.2 Å². The summed E-state index contributed by atoms with van der Waals surface area (Å²) in [4.78, 5) is 12.5. The predicted octanol–water partition coefficient (Wildman–Crippen LogP) is 2.59. The Morgan fingerprint density at radius 2 is 1.70 bits per heavy atom. The van der Waals surface area contributed by atoms with E-state index in [2.05, 4.69) is 0 Å². The van der Waals surface area contributed by atoms with Crippen molar-refractivity contribution in [3.63, 3.8) is 0 Å². The van der Waals surface area contributed by atoms with E-state index in [0.29, 0.717) is 35.2 Å². The maximum atomic E-state index is 12.5. The van der Waals surface area contributed by atoms with E-state index in [4.69, 9.17) is 18.9 Å². The van der Waals surface area contributed by atoms with Gasteiger partial charge in [-0.25, -0.2) is 0 Å². The molecule has 0 N–H and O–H groups in total. The lowest BCUT2D eigenvalue weighted by Gasteiger charge is -2.17. The normalized spacial score (nSPS) is 14.1. The maximum absolute atomic E-state index is 12.5. The van der Waals surface area contributed by atoms with Gasteiger partial charge in [0.15, 0.2) is 17.3 Å². The van der Waals surface area contributed by atoms with Crippen LogP contribution in [0.15, 0.2) is 24.0 Å². The van der Waals surface area contributed by atoms with Gasteiger partial charge in [-0.05, 0) is 25.0 Å². The molecule has 0 atom stereocenters. The fourth-order valence-electron chi connectivity index (χ4n) is 2.06. The van der Waals surface area contributed by atoms with E-state index in [1.807, 2.05) is 6.08 Å². The van der Waals surface area contributed by atoms with Gasteiger partial charge < -0.3 is 18.9 Å². The highest BCUT2D eigenvalue weighted by Gasteiger charge is 2.22. The van der Waals surface area contributed by atoms with E-state index < -0.39 is 0 Å². The molecular formula is C15H18O5. The lowest BCUT2D eigenvalue weighted by atomic mass is 10.0. The lowest BCUT2D eigenvalue weighted by molar-refractivity contribution is 0.0895.